The summed E-state index contributed by atoms with van der Waals surface area (Å²) in [6.07, 6.45) is 2.59. The molecule has 0 aromatic carbocycles. The number of carbonyl (C=O) groups excluding carboxylic acids is 2. The van der Waals surface area contributed by atoms with E-state index in [1.807, 2.05) is 0 Å². The standard InChI is InChI=1S/C24H38O7/c1-14-12-17(30-15(2)25)20-23(6,11-8-18(22(4,5)28)31-16(3)26)9-7-10-24(20)13-29-21(27)19(14)24/h17-21,27-28H,1,7-13H2,2-6H3. The van der Waals surface area contributed by atoms with Gasteiger partial charge in [0.05, 0.1) is 12.2 Å². The molecule has 0 aromatic heterocycles. The van der Waals surface area contributed by atoms with Crippen molar-refractivity contribution in [3.05, 3.63) is 12.2 Å². The molecular formula is C24H38O7. The van der Waals surface area contributed by atoms with Gasteiger partial charge in [0, 0.05) is 37.5 Å². The Bertz CT molecular complexity index is 722. The fraction of sp³-hybridized carbons (Fsp3) is 0.833. The van der Waals surface area contributed by atoms with Crippen LogP contribution in [0.3, 0.4) is 0 Å². The van der Waals surface area contributed by atoms with Crippen molar-refractivity contribution >= 4 is 11.9 Å². The van der Waals surface area contributed by atoms with Crippen LogP contribution in [0.5, 0.6) is 0 Å². The Kier molecular flexibility index (Phi) is 6.63. The summed E-state index contributed by atoms with van der Waals surface area (Å²) in [5, 5.41) is 21.2. The predicted octanol–water partition coefficient (Wildman–Crippen LogP) is 3.12. The van der Waals surface area contributed by atoms with E-state index in [9.17, 15) is 19.8 Å². The molecule has 0 radical (unpaired) electrons. The van der Waals surface area contributed by atoms with Crippen molar-refractivity contribution < 1.29 is 34.0 Å². The molecule has 3 fully saturated rings. The van der Waals surface area contributed by atoms with Crippen LogP contribution in [-0.4, -0.2) is 52.9 Å². The van der Waals surface area contributed by atoms with Crippen molar-refractivity contribution in [2.24, 2.45) is 22.7 Å². The fourth-order valence-electron chi connectivity index (χ4n) is 6.80. The highest BCUT2D eigenvalue weighted by atomic mass is 16.6. The Hall–Kier alpha value is -1.44. The van der Waals surface area contributed by atoms with Gasteiger partial charge in [-0.2, -0.15) is 0 Å². The fourth-order valence-corrected chi connectivity index (χ4v) is 6.80. The molecule has 1 aliphatic heterocycles. The van der Waals surface area contributed by atoms with Crippen LogP contribution in [-0.2, 0) is 23.8 Å². The third-order valence-electron chi connectivity index (χ3n) is 7.85. The number of ether oxygens (including phenoxy) is 3. The van der Waals surface area contributed by atoms with Crippen LogP contribution < -0.4 is 0 Å². The van der Waals surface area contributed by atoms with E-state index in [0.29, 0.717) is 25.9 Å². The molecule has 3 aliphatic rings. The van der Waals surface area contributed by atoms with E-state index < -0.39 is 24.0 Å². The zero-order chi connectivity index (χ0) is 23.2. The lowest BCUT2D eigenvalue weighted by molar-refractivity contribution is -0.178. The molecule has 1 spiro atoms. The number of carbonyl (C=O) groups is 2. The Labute approximate surface area is 185 Å². The molecule has 176 valence electrons. The molecule has 3 rings (SSSR count). The van der Waals surface area contributed by atoms with E-state index in [0.717, 1.165) is 24.8 Å². The summed E-state index contributed by atoms with van der Waals surface area (Å²) in [5.41, 5.74) is -0.868. The molecular weight excluding hydrogens is 400 g/mol. The van der Waals surface area contributed by atoms with Gasteiger partial charge in [-0.05, 0) is 44.9 Å². The van der Waals surface area contributed by atoms with E-state index in [2.05, 4.69) is 13.5 Å². The Morgan fingerprint density at radius 3 is 2.55 bits per heavy atom. The lowest BCUT2D eigenvalue weighted by Gasteiger charge is -2.59. The number of aliphatic hydroxyl groups excluding tert-OH is 1. The molecule has 7 heteroatoms. The van der Waals surface area contributed by atoms with E-state index in [4.69, 9.17) is 14.2 Å². The second-order valence-electron chi connectivity index (χ2n) is 10.7. The molecule has 0 aromatic rings. The summed E-state index contributed by atoms with van der Waals surface area (Å²) in [7, 11) is 0. The zero-order valence-corrected chi connectivity index (χ0v) is 19.5. The molecule has 31 heavy (non-hydrogen) atoms. The van der Waals surface area contributed by atoms with Crippen molar-refractivity contribution in [1.29, 1.82) is 0 Å². The summed E-state index contributed by atoms with van der Waals surface area (Å²) in [5.74, 6) is -0.947. The highest BCUT2D eigenvalue weighted by molar-refractivity contribution is 5.66. The highest BCUT2D eigenvalue weighted by Crippen LogP contribution is 2.66. The average molecular weight is 439 g/mol. The van der Waals surface area contributed by atoms with E-state index in [-0.39, 0.29) is 34.7 Å². The second-order valence-corrected chi connectivity index (χ2v) is 10.7. The Morgan fingerprint density at radius 2 is 1.97 bits per heavy atom. The highest BCUT2D eigenvalue weighted by Gasteiger charge is 2.65. The van der Waals surface area contributed by atoms with Gasteiger partial charge in [0.2, 0.25) is 0 Å². The van der Waals surface area contributed by atoms with Gasteiger partial charge in [0.1, 0.15) is 12.2 Å². The van der Waals surface area contributed by atoms with Gasteiger partial charge in [-0.25, -0.2) is 0 Å². The summed E-state index contributed by atoms with van der Waals surface area (Å²) in [4.78, 5) is 23.6. The topological polar surface area (TPSA) is 102 Å². The summed E-state index contributed by atoms with van der Waals surface area (Å²) in [6.45, 7) is 12.9. The first-order valence-electron chi connectivity index (χ1n) is 11.3. The Morgan fingerprint density at radius 1 is 1.29 bits per heavy atom. The molecule has 1 heterocycles. The molecule has 0 amide bonds. The monoisotopic (exact) mass is 438 g/mol. The minimum absolute atomic E-state index is 0.0231. The van der Waals surface area contributed by atoms with Gasteiger partial charge in [0.25, 0.3) is 0 Å². The number of hydrogen-bond donors (Lipinski definition) is 2. The third kappa shape index (κ3) is 4.55. The molecule has 2 saturated carbocycles. The van der Waals surface area contributed by atoms with E-state index in [1.54, 1.807) is 13.8 Å². The first-order valence-corrected chi connectivity index (χ1v) is 11.3. The minimum Gasteiger partial charge on any atom is -0.462 e. The van der Waals surface area contributed by atoms with Crippen LogP contribution in [0.4, 0.5) is 0 Å². The van der Waals surface area contributed by atoms with Crippen LogP contribution >= 0.6 is 0 Å². The lowest BCUT2D eigenvalue weighted by atomic mass is 9.45. The maximum absolute atomic E-state index is 12.0. The summed E-state index contributed by atoms with van der Waals surface area (Å²) >= 11 is 0. The van der Waals surface area contributed by atoms with Crippen LogP contribution in [0.1, 0.15) is 73.1 Å². The van der Waals surface area contributed by atoms with Crippen molar-refractivity contribution in [2.75, 3.05) is 6.61 Å². The van der Waals surface area contributed by atoms with E-state index >= 15 is 0 Å². The average Bonchev–Trinajstić information content (AvgIpc) is 2.94. The number of hydrogen-bond acceptors (Lipinski definition) is 7. The van der Waals surface area contributed by atoms with Crippen LogP contribution in [0.15, 0.2) is 12.2 Å². The van der Waals surface area contributed by atoms with Crippen molar-refractivity contribution in [2.45, 2.75) is 97.2 Å². The molecule has 2 aliphatic carbocycles. The quantitative estimate of drug-likeness (QED) is 0.485. The largest absolute Gasteiger partial charge is 0.462 e. The predicted molar refractivity (Wildman–Crippen MR) is 114 cm³/mol. The van der Waals surface area contributed by atoms with Gasteiger partial charge >= 0.3 is 11.9 Å². The van der Waals surface area contributed by atoms with Gasteiger partial charge < -0.3 is 24.4 Å². The first-order chi connectivity index (χ1) is 14.3. The van der Waals surface area contributed by atoms with Crippen molar-refractivity contribution in [1.82, 2.24) is 0 Å². The minimum atomic E-state index is -1.17. The van der Waals surface area contributed by atoms with Crippen LogP contribution in [0, 0.1) is 22.7 Å². The van der Waals surface area contributed by atoms with Crippen molar-refractivity contribution in [3.63, 3.8) is 0 Å². The second kappa shape index (κ2) is 8.49. The third-order valence-corrected chi connectivity index (χ3v) is 7.85. The van der Waals surface area contributed by atoms with Gasteiger partial charge in [-0.3, -0.25) is 9.59 Å². The summed E-state index contributed by atoms with van der Waals surface area (Å²) < 4.78 is 17.0. The van der Waals surface area contributed by atoms with Crippen molar-refractivity contribution in [3.8, 4) is 0 Å². The van der Waals surface area contributed by atoms with Gasteiger partial charge in [-0.1, -0.05) is 25.5 Å². The van der Waals surface area contributed by atoms with Crippen LogP contribution in [0.25, 0.3) is 0 Å². The smallest absolute Gasteiger partial charge is 0.303 e. The summed E-state index contributed by atoms with van der Waals surface area (Å²) in [6, 6.07) is 0. The first kappa shape index (κ1) is 24.2. The molecule has 7 nitrogen and oxygen atoms in total. The number of rotatable bonds is 6. The molecule has 7 atom stereocenters. The normalized spacial score (nSPS) is 38.7. The SMILES string of the molecule is C=C1CC(OC(C)=O)C2C(C)(CCC(OC(C)=O)C(C)(C)O)CCCC23COC(O)C13. The van der Waals surface area contributed by atoms with Gasteiger partial charge in [0.15, 0.2) is 6.29 Å². The van der Waals surface area contributed by atoms with Crippen LogP contribution in [0.2, 0.25) is 0 Å². The molecule has 0 bridgehead atoms. The maximum Gasteiger partial charge on any atom is 0.303 e. The van der Waals surface area contributed by atoms with E-state index in [1.165, 1.54) is 13.8 Å². The molecule has 1 saturated heterocycles. The van der Waals surface area contributed by atoms with Gasteiger partial charge in [-0.15, -0.1) is 0 Å². The number of esters is 2. The Balaban J connectivity index is 1.94. The maximum atomic E-state index is 12.0. The molecule has 2 N–H and O–H groups in total. The zero-order valence-electron chi connectivity index (χ0n) is 19.5. The molecule has 7 unspecified atom stereocenters. The number of aliphatic hydroxyl groups is 2. The lowest BCUT2D eigenvalue weighted by Crippen LogP contribution is -2.59.